The number of fused-ring (bicyclic) bond motifs is 3. The van der Waals surface area contributed by atoms with Gasteiger partial charge in [0.25, 0.3) is 5.91 Å². The molecule has 0 radical (unpaired) electrons. The van der Waals surface area contributed by atoms with Crippen molar-refractivity contribution in [1.82, 2.24) is 14.9 Å². The summed E-state index contributed by atoms with van der Waals surface area (Å²) in [7, 11) is 0. The summed E-state index contributed by atoms with van der Waals surface area (Å²) in [6.45, 7) is 4.96. The third-order valence-electron chi connectivity index (χ3n) is 5.75. The second kappa shape index (κ2) is 7.37. The first-order chi connectivity index (χ1) is 14.7. The second-order valence-electron chi connectivity index (χ2n) is 7.47. The zero-order chi connectivity index (χ0) is 20.7. The third-order valence-corrected chi connectivity index (χ3v) is 5.75. The number of H-pyrrole nitrogens is 1. The lowest BCUT2D eigenvalue weighted by atomic mass is 9.92. The van der Waals surface area contributed by atoms with Crippen LogP contribution in [0.3, 0.4) is 0 Å². The quantitative estimate of drug-likeness (QED) is 0.540. The fourth-order valence-corrected chi connectivity index (χ4v) is 4.37. The molecule has 0 aliphatic carbocycles. The Kier molecular flexibility index (Phi) is 4.54. The average molecular weight is 401 g/mol. The first-order valence-electron chi connectivity index (χ1n) is 10.2. The Morgan fingerprint density at radius 1 is 1.23 bits per heavy atom. The maximum absolute atomic E-state index is 13.4. The van der Waals surface area contributed by atoms with Gasteiger partial charge in [-0.3, -0.25) is 4.79 Å². The zero-order valence-electron chi connectivity index (χ0n) is 17.0. The first kappa shape index (κ1) is 18.5. The van der Waals surface area contributed by atoms with Crippen molar-refractivity contribution in [1.29, 1.82) is 0 Å². The smallest absolute Gasteiger partial charge is 0.276 e. The Balaban J connectivity index is 1.64. The summed E-state index contributed by atoms with van der Waals surface area (Å²) in [5.74, 6) is 1.23. The number of oxazole rings is 1. The number of benzene rings is 2. The Labute approximate surface area is 174 Å². The number of carbonyl (C=O) groups is 1. The normalized spacial score (nSPS) is 15.9. The Bertz CT molecular complexity index is 1210. The van der Waals surface area contributed by atoms with Crippen LogP contribution < -0.4 is 4.74 Å². The van der Waals surface area contributed by atoms with Crippen molar-refractivity contribution >= 4 is 16.8 Å². The van der Waals surface area contributed by atoms with Gasteiger partial charge in [0.2, 0.25) is 0 Å². The highest BCUT2D eigenvalue weighted by Crippen LogP contribution is 2.39. The molecular weight excluding hydrogens is 378 g/mol. The molecule has 152 valence electrons. The number of nitrogens with zero attached hydrogens (tertiary/aromatic N) is 2. The van der Waals surface area contributed by atoms with E-state index in [1.54, 1.807) is 6.92 Å². The third kappa shape index (κ3) is 2.96. The molecule has 30 heavy (non-hydrogen) atoms. The molecular formula is C24H23N3O3. The maximum atomic E-state index is 13.4. The number of aryl methyl sites for hydroxylation is 1. The monoisotopic (exact) mass is 401 g/mol. The molecule has 5 rings (SSSR count). The summed E-state index contributed by atoms with van der Waals surface area (Å²) in [6, 6.07) is 16.0. The second-order valence-corrected chi connectivity index (χ2v) is 7.47. The number of aromatic amines is 1. The van der Waals surface area contributed by atoms with Crippen molar-refractivity contribution in [3.63, 3.8) is 0 Å². The number of hydrogen-bond donors (Lipinski definition) is 1. The molecule has 6 nitrogen and oxygen atoms in total. The van der Waals surface area contributed by atoms with Crippen LogP contribution in [-0.2, 0) is 6.42 Å². The minimum Gasteiger partial charge on any atom is -0.494 e. The molecule has 0 bridgehead atoms. The summed E-state index contributed by atoms with van der Waals surface area (Å²) in [5, 5.41) is 1.22. The molecule has 0 saturated carbocycles. The van der Waals surface area contributed by atoms with E-state index in [1.165, 1.54) is 17.3 Å². The fraction of sp³-hybridized carbons (Fsp3) is 0.250. The van der Waals surface area contributed by atoms with Crippen molar-refractivity contribution in [2.75, 3.05) is 13.2 Å². The lowest BCUT2D eigenvalue weighted by Crippen LogP contribution is -2.41. The average Bonchev–Trinajstić information content (AvgIpc) is 3.36. The van der Waals surface area contributed by atoms with Crippen LogP contribution in [0.25, 0.3) is 10.9 Å². The molecule has 1 amide bonds. The Morgan fingerprint density at radius 2 is 2.03 bits per heavy atom. The van der Waals surface area contributed by atoms with Crippen molar-refractivity contribution in [3.05, 3.63) is 83.2 Å². The molecule has 3 heterocycles. The molecule has 0 spiro atoms. The molecule has 4 aromatic rings. The molecule has 1 N–H and O–H groups in total. The van der Waals surface area contributed by atoms with E-state index in [1.807, 2.05) is 42.2 Å². The molecule has 2 aromatic heterocycles. The lowest BCUT2D eigenvalue weighted by molar-refractivity contribution is 0.0685. The fourth-order valence-electron chi connectivity index (χ4n) is 4.37. The van der Waals surface area contributed by atoms with E-state index in [9.17, 15) is 4.79 Å². The Hall–Kier alpha value is -3.54. The summed E-state index contributed by atoms with van der Waals surface area (Å²) in [4.78, 5) is 23.1. The van der Waals surface area contributed by atoms with E-state index < -0.39 is 0 Å². The van der Waals surface area contributed by atoms with Crippen molar-refractivity contribution in [2.24, 2.45) is 0 Å². The first-order valence-corrected chi connectivity index (χ1v) is 10.2. The highest BCUT2D eigenvalue weighted by Gasteiger charge is 2.36. The predicted molar refractivity (Wildman–Crippen MR) is 114 cm³/mol. The topological polar surface area (TPSA) is 71.4 Å². The molecule has 1 atom stereocenters. The molecule has 1 aliphatic rings. The molecule has 0 saturated heterocycles. The summed E-state index contributed by atoms with van der Waals surface area (Å²) in [6.07, 6.45) is 2.11. The van der Waals surface area contributed by atoms with Crippen LogP contribution in [0, 0.1) is 6.92 Å². The zero-order valence-corrected chi connectivity index (χ0v) is 17.0. The molecule has 0 fully saturated rings. The number of para-hydroxylation sites is 1. The number of ether oxygens (including phenoxy) is 1. The largest absolute Gasteiger partial charge is 0.494 e. The van der Waals surface area contributed by atoms with Crippen LogP contribution in [0.5, 0.6) is 5.75 Å². The number of rotatable bonds is 4. The van der Waals surface area contributed by atoms with Gasteiger partial charge in [0.05, 0.1) is 12.6 Å². The number of amides is 1. The van der Waals surface area contributed by atoms with Gasteiger partial charge in [-0.2, -0.15) is 0 Å². The maximum Gasteiger partial charge on any atom is 0.276 e. The number of aromatic nitrogens is 2. The number of carbonyl (C=O) groups excluding carboxylic acids is 1. The predicted octanol–water partition coefficient (Wildman–Crippen LogP) is 4.65. The van der Waals surface area contributed by atoms with Crippen LogP contribution in [-0.4, -0.2) is 33.9 Å². The summed E-state index contributed by atoms with van der Waals surface area (Å²) >= 11 is 0. The van der Waals surface area contributed by atoms with Crippen LogP contribution in [0.1, 0.15) is 46.0 Å². The van der Waals surface area contributed by atoms with Crippen molar-refractivity contribution < 1.29 is 13.9 Å². The van der Waals surface area contributed by atoms with Gasteiger partial charge in [-0.05, 0) is 49.6 Å². The molecule has 0 unspecified atom stereocenters. The SMILES string of the molecule is CCOc1ccc([C@@H]2c3[nH]c4ccccc4c3CCN2C(=O)c2ncoc2C)cc1. The van der Waals surface area contributed by atoms with Gasteiger partial charge < -0.3 is 19.0 Å². The van der Waals surface area contributed by atoms with Crippen LogP contribution in [0.15, 0.2) is 59.3 Å². The summed E-state index contributed by atoms with van der Waals surface area (Å²) in [5.41, 5.74) is 4.81. The van der Waals surface area contributed by atoms with E-state index >= 15 is 0 Å². The van der Waals surface area contributed by atoms with Crippen molar-refractivity contribution in [3.8, 4) is 5.75 Å². The van der Waals surface area contributed by atoms with E-state index in [4.69, 9.17) is 9.15 Å². The van der Waals surface area contributed by atoms with Gasteiger partial charge in [-0.15, -0.1) is 0 Å². The summed E-state index contributed by atoms with van der Waals surface area (Å²) < 4.78 is 10.9. The highest BCUT2D eigenvalue weighted by atomic mass is 16.5. The van der Waals surface area contributed by atoms with Crippen LogP contribution in [0.4, 0.5) is 0 Å². The van der Waals surface area contributed by atoms with E-state index in [0.717, 1.165) is 28.9 Å². The van der Waals surface area contributed by atoms with E-state index in [-0.39, 0.29) is 11.9 Å². The van der Waals surface area contributed by atoms with E-state index in [0.29, 0.717) is 24.6 Å². The standard InChI is InChI=1S/C24H23N3O3/c1-3-29-17-10-8-16(9-11-17)23-22-19(18-6-4-5-7-20(18)26-22)12-13-27(23)24(28)21-15(2)30-14-25-21/h4-11,14,23,26H,3,12-13H2,1-2H3/t23-/m1/s1. The van der Waals surface area contributed by atoms with Gasteiger partial charge in [-0.1, -0.05) is 30.3 Å². The van der Waals surface area contributed by atoms with Crippen LogP contribution in [0.2, 0.25) is 0 Å². The minimum absolute atomic E-state index is 0.121. The minimum atomic E-state index is -0.236. The molecule has 2 aromatic carbocycles. The van der Waals surface area contributed by atoms with Crippen molar-refractivity contribution in [2.45, 2.75) is 26.3 Å². The van der Waals surface area contributed by atoms with Gasteiger partial charge in [0.15, 0.2) is 12.1 Å². The lowest BCUT2D eigenvalue weighted by Gasteiger charge is -2.36. The molecule has 1 aliphatic heterocycles. The highest BCUT2D eigenvalue weighted by molar-refractivity contribution is 5.94. The Morgan fingerprint density at radius 3 is 2.77 bits per heavy atom. The number of hydrogen-bond acceptors (Lipinski definition) is 4. The van der Waals surface area contributed by atoms with Gasteiger partial charge in [0, 0.05) is 23.1 Å². The van der Waals surface area contributed by atoms with Gasteiger partial charge >= 0.3 is 0 Å². The molecule has 6 heteroatoms. The number of nitrogens with one attached hydrogen (secondary N) is 1. The van der Waals surface area contributed by atoms with Gasteiger partial charge in [-0.25, -0.2) is 4.98 Å². The van der Waals surface area contributed by atoms with Gasteiger partial charge in [0.1, 0.15) is 11.5 Å². The van der Waals surface area contributed by atoms with E-state index in [2.05, 4.69) is 28.2 Å². The van der Waals surface area contributed by atoms with Crippen LogP contribution >= 0.6 is 0 Å².